The summed E-state index contributed by atoms with van der Waals surface area (Å²) in [6.45, 7) is 4.42. The first-order valence-corrected chi connectivity index (χ1v) is 7.59. The van der Waals surface area contributed by atoms with Gasteiger partial charge in [0.1, 0.15) is 5.65 Å². The number of aromatic nitrogens is 2. The predicted molar refractivity (Wildman–Crippen MR) is 80.8 cm³/mol. The third kappa shape index (κ3) is 2.15. The Morgan fingerprint density at radius 1 is 1.40 bits per heavy atom. The van der Waals surface area contributed by atoms with Gasteiger partial charge in [0.05, 0.1) is 0 Å². The SMILES string of the molecule is CC(C)CC1(C(=O)c2c[nH]c3ncccc23)CCCC1. The van der Waals surface area contributed by atoms with Crippen LogP contribution in [0.3, 0.4) is 0 Å². The molecular formula is C17H22N2O. The van der Waals surface area contributed by atoms with Crippen LogP contribution in [-0.4, -0.2) is 15.8 Å². The van der Waals surface area contributed by atoms with Crippen LogP contribution in [0.25, 0.3) is 11.0 Å². The van der Waals surface area contributed by atoms with Crippen LogP contribution in [0.15, 0.2) is 24.5 Å². The van der Waals surface area contributed by atoms with Crippen molar-refractivity contribution in [3.05, 3.63) is 30.1 Å². The number of hydrogen-bond acceptors (Lipinski definition) is 2. The number of nitrogens with zero attached hydrogens (tertiary/aromatic N) is 1. The first kappa shape index (κ1) is 13.3. The molecule has 0 unspecified atom stereocenters. The maximum atomic E-state index is 13.1. The van der Waals surface area contributed by atoms with Crippen LogP contribution in [-0.2, 0) is 0 Å². The zero-order valence-electron chi connectivity index (χ0n) is 12.3. The van der Waals surface area contributed by atoms with Gasteiger partial charge in [-0.25, -0.2) is 4.98 Å². The molecule has 0 aliphatic heterocycles. The molecule has 3 rings (SSSR count). The van der Waals surface area contributed by atoms with E-state index in [0.29, 0.717) is 11.7 Å². The number of H-pyrrole nitrogens is 1. The smallest absolute Gasteiger partial charge is 0.171 e. The lowest BCUT2D eigenvalue weighted by molar-refractivity contribution is 0.0762. The Morgan fingerprint density at radius 3 is 2.85 bits per heavy atom. The van der Waals surface area contributed by atoms with Crippen molar-refractivity contribution in [1.82, 2.24) is 9.97 Å². The van der Waals surface area contributed by atoms with E-state index in [1.54, 1.807) is 6.20 Å². The number of pyridine rings is 1. The number of fused-ring (bicyclic) bond motifs is 1. The average molecular weight is 270 g/mol. The lowest BCUT2D eigenvalue weighted by Crippen LogP contribution is -2.29. The van der Waals surface area contributed by atoms with Crippen LogP contribution in [0.4, 0.5) is 0 Å². The van der Waals surface area contributed by atoms with Crippen LogP contribution < -0.4 is 0 Å². The molecule has 2 aromatic rings. The number of aromatic amines is 1. The van der Waals surface area contributed by atoms with E-state index >= 15 is 0 Å². The van der Waals surface area contributed by atoms with E-state index in [-0.39, 0.29) is 5.41 Å². The minimum absolute atomic E-state index is 0.140. The number of rotatable bonds is 4. The molecule has 1 N–H and O–H groups in total. The number of carbonyl (C=O) groups is 1. The molecule has 0 bridgehead atoms. The Labute approximate surface area is 119 Å². The highest BCUT2D eigenvalue weighted by Gasteiger charge is 2.42. The van der Waals surface area contributed by atoms with Crippen LogP contribution >= 0.6 is 0 Å². The molecule has 1 aliphatic carbocycles. The van der Waals surface area contributed by atoms with Gasteiger partial charge in [-0.2, -0.15) is 0 Å². The van der Waals surface area contributed by atoms with Crippen molar-refractivity contribution in [2.24, 2.45) is 11.3 Å². The van der Waals surface area contributed by atoms with Crippen molar-refractivity contribution in [2.75, 3.05) is 0 Å². The predicted octanol–water partition coefficient (Wildman–Crippen LogP) is 4.35. The fraction of sp³-hybridized carbons (Fsp3) is 0.529. The molecule has 106 valence electrons. The molecular weight excluding hydrogens is 248 g/mol. The molecule has 0 atom stereocenters. The van der Waals surface area contributed by atoms with Crippen LogP contribution in [0.1, 0.15) is 56.3 Å². The van der Waals surface area contributed by atoms with Crippen LogP contribution in [0, 0.1) is 11.3 Å². The van der Waals surface area contributed by atoms with Crippen LogP contribution in [0.2, 0.25) is 0 Å². The fourth-order valence-corrected chi connectivity index (χ4v) is 3.79. The van der Waals surface area contributed by atoms with E-state index in [4.69, 9.17) is 0 Å². The molecule has 0 radical (unpaired) electrons. The molecule has 2 aromatic heterocycles. The minimum atomic E-state index is -0.140. The highest BCUT2D eigenvalue weighted by Crippen LogP contribution is 2.46. The van der Waals surface area contributed by atoms with Crippen molar-refractivity contribution >= 4 is 16.8 Å². The third-order valence-electron chi connectivity index (χ3n) is 4.54. The highest BCUT2D eigenvalue weighted by atomic mass is 16.1. The first-order valence-electron chi connectivity index (χ1n) is 7.59. The zero-order valence-corrected chi connectivity index (χ0v) is 12.3. The van der Waals surface area contributed by atoms with Crippen molar-refractivity contribution in [1.29, 1.82) is 0 Å². The molecule has 2 heterocycles. The summed E-state index contributed by atoms with van der Waals surface area (Å²) in [4.78, 5) is 20.5. The largest absolute Gasteiger partial charge is 0.345 e. The van der Waals surface area contributed by atoms with Gasteiger partial charge in [0.15, 0.2) is 5.78 Å². The molecule has 0 aromatic carbocycles. The van der Waals surface area contributed by atoms with Gasteiger partial charge >= 0.3 is 0 Å². The van der Waals surface area contributed by atoms with Gasteiger partial charge in [0.2, 0.25) is 0 Å². The monoisotopic (exact) mass is 270 g/mol. The maximum Gasteiger partial charge on any atom is 0.171 e. The van der Waals surface area contributed by atoms with Crippen molar-refractivity contribution < 1.29 is 4.79 Å². The van der Waals surface area contributed by atoms with Gasteiger partial charge in [0.25, 0.3) is 0 Å². The summed E-state index contributed by atoms with van der Waals surface area (Å²) in [6.07, 6.45) is 9.04. The van der Waals surface area contributed by atoms with E-state index in [1.807, 2.05) is 18.3 Å². The topological polar surface area (TPSA) is 45.8 Å². The number of ketones is 1. The molecule has 0 saturated heterocycles. The zero-order chi connectivity index (χ0) is 14.2. The fourth-order valence-electron chi connectivity index (χ4n) is 3.79. The second-order valence-corrected chi connectivity index (χ2v) is 6.52. The number of Topliss-reactive ketones (excluding diaryl/α,β-unsaturated/α-hetero) is 1. The van der Waals surface area contributed by atoms with Crippen molar-refractivity contribution in [2.45, 2.75) is 46.0 Å². The van der Waals surface area contributed by atoms with E-state index in [0.717, 1.165) is 35.9 Å². The summed E-state index contributed by atoms with van der Waals surface area (Å²) in [6, 6.07) is 3.89. The summed E-state index contributed by atoms with van der Waals surface area (Å²) in [5.74, 6) is 0.878. The Kier molecular flexibility index (Phi) is 3.36. The molecule has 1 saturated carbocycles. The van der Waals surface area contributed by atoms with Gasteiger partial charge in [-0.3, -0.25) is 4.79 Å². The highest BCUT2D eigenvalue weighted by molar-refractivity contribution is 6.10. The molecule has 1 aliphatic rings. The Morgan fingerprint density at radius 2 is 2.15 bits per heavy atom. The molecule has 1 fully saturated rings. The quantitative estimate of drug-likeness (QED) is 0.839. The van der Waals surface area contributed by atoms with E-state index < -0.39 is 0 Å². The first-order chi connectivity index (χ1) is 9.62. The summed E-state index contributed by atoms with van der Waals surface area (Å²) in [5, 5.41) is 0.965. The van der Waals surface area contributed by atoms with Gasteiger partial charge in [-0.15, -0.1) is 0 Å². The van der Waals surface area contributed by atoms with Crippen LogP contribution in [0.5, 0.6) is 0 Å². The molecule has 3 heteroatoms. The molecule has 0 spiro atoms. The maximum absolute atomic E-state index is 13.1. The Balaban J connectivity index is 2.01. The van der Waals surface area contributed by atoms with E-state index in [9.17, 15) is 4.79 Å². The standard InChI is InChI=1S/C17H22N2O/c1-12(2)10-17(7-3-4-8-17)15(20)14-11-19-16-13(14)6-5-9-18-16/h5-6,9,11-12H,3-4,7-8,10H2,1-2H3,(H,18,19). The number of carbonyl (C=O) groups excluding carboxylic acids is 1. The normalized spacial score (nSPS) is 17.9. The lowest BCUT2D eigenvalue weighted by atomic mass is 9.73. The second kappa shape index (κ2) is 5.04. The third-order valence-corrected chi connectivity index (χ3v) is 4.54. The lowest BCUT2D eigenvalue weighted by Gasteiger charge is -2.29. The second-order valence-electron chi connectivity index (χ2n) is 6.52. The number of hydrogen-bond donors (Lipinski definition) is 1. The average Bonchev–Trinajstić information content (AvgIpc) is 3.04. The molecule has 0 amide bonds. The van der Waals surface area contributed by atoms with Gasteiger partial charge < -0.3 is 4.98 Å². The van der Waals surface area contributed by atoms with E-state index in [1.165, 1.54) is 12.8 Å². The Bertz CT molecular complexity index is 621. The summed E-state index contributed by atoms with van der Waals surface area (Å²) in [5.41, 5.74) is 1.50. The Hall–Kier alpha value is -1.64. The summed E-state index contributed by atoms with van der Waals surface area (Å²) >= 11 is 0. The van der Waals surface area contributed by atoms with Crippen molar-refractivity contribution in [3.63, 3.8) is 0 Å². The molecule has 20 heavy (non-hydrogen) atoms. The van der Waals surface area contributed by atoms with Crippen molar-refractivity contribution in [3.8, 4) is 0 Å². The number of nitrogens with one attached hydrogen (secondary N) is 1. The summed E-state index contributed by atoms with van der Waals surface area (Å²) in [7, 11) is 0. The van der Waals surface area contributed by atoms with E-state index in [2.05, 4.69) is 23.8 Å². The molecule has 3 nitrogen and oxygen atoms in total. The van der Waals surface area contributed by atoms with Gasteiger partial charge in [-0.05, 0) is 37.3 Å². The minimum Gasteiger partial charge on any atom is -0.345 e. The summed E-state index contributed by atoms with van der Waals surface area (Å²) < 4.78 is 0. The van der Waals surface area contributed by atoms with Gasteiger partial charge in [-0.1, -0.05) is 26.7 Å². The van der Waals surface area contributed by atoms with Gasteiger partial charge in [0, 0.05) is 28.8 Å².